The smallest absolute Gasteiger partial charge is 0.0608 e. The molecule has 2 bridgehead atoms. The fourth-order valence-corrected chi connectivity index (χ4v) is 4.27. The second kappa shape index (κ2) is 5.47. The average Bonchev–Trinajstić information content (AvgIpc) is 2.75. The number of hydrazine groups is 1. The Morgan fingerprint density at radius 3 is 2.15 bits per heavy atom. The van der Waals surface area contributed by atoms with Crippen LogP contribution in [0, 0.1) is 11.8 Å². The molecule has 1 saturated heterocycles. The van der Waals surface area contributed by atoms with Gasteiger partial charge in [-0.25, -0.2) is 5.01 Å². The van der Waals surface area contributed by atoms with Crippen LogP contribution in [0.5, 0.6) is 0 Å². The van der Waals surface area contributed by atoms with Crippen molar-refractivity contribution >= 4 is 0 Å². The number of hydrogen-bond acceptors (Lipinski definition) is 3. The fraction of sp³-hybridized carbons (Fsp3) is 0.647. The standard InChI is InChI=1S/C17H24N2O/c1-2-4-14-12-16-6-5-15(11-13(14)3-1)17(16)18-19-7-9-20-10-8-19/h1-4,15-18H,5-12H2. The first-order valence-electron chi connectivity index (χ1n) is 8.06. The molecule has 1 heterocycles. The average molecular weight is 272 g/mol. The van der Waals surface area contributed by atoms with E-state index in [1.54, 1.807) is 11.1 Å². The highest BCUT2D eigenvalue weighted by Crippen LogP contribution is 2.40. The summed E-state index contributed by atoms with van der Waals surface area (Å²) in [6, 6.07) is 9.73. The summed E-state index contributed by atoms with van der Waals surface area (Å²) < 4.78 is 5.45. The Morgan fingerprint density at radius 1 is 0.950 bits per heavy atom. The van der Waals surface area contributed by atoms with Gasteiger partial charge in [-0.15, -0.1) is 0 Å². The van der Waals surface area contributed by atoms with Gasteiger partial charge in [0, 0.05) is 19.1 Å². The molecule has 3 heteroatoms. The molecule has 108 valence electrons. The van der Waals surface area contributed by atoms with Crippen molar-refractivity contribution < 1.29 is 4.74 Å². The van der Waals surface area contributed by atoms with Gasteiger partial charge in [-0.2, -0.15) is 0 Å². The molecular formula is C17H24N2O. The number of morpholine rings is 1. The molecule has 2 aliphatic carbocycles. The predicted octanol–water partition coefficient (Wildman–Crippen LogP) is 2.02. The van der Waals surface area contributed by atoms with Gasteiger partial charge in [-0.3, -0.25) is 5.43 Å². The SMILES string of the molecule is c1ccc2c(c1)CC1CCC(C2)C1NN1CCOCC1. The lowest BCUT2D eigenvalue weighted by molar-refractivity contribution is -0.00393. The first kappa shape index (κ1) is 12.8. The maximum atomic E-state index is 5.45. The van der Waals surface area contributed by atoms with Gasteiger partial charge in [-0.1, -0.05) is 24.3 Å². The van der Waals surface area contributed by atoms with Crippen LogP contribution in [-0.2, 0) is 17.6 Å². The molecule has 4 rings (SSSR count). The fourth-order valence-electron chi connectivity index (χ4n) is 4.27. The summed E-state index contributed by atoms with van der Waals surface area (Å²) in [5.74, 6) is 1.62. The van der Waals surface area contributed by atoms with Crippen molar-refractivity contribution in [2.45, 2.75) is 31.7 Å². The minimum absolute atomic E-state index is 0.667. The van der Waals surface area contributed by atoms with E-state index in [0.29, 0.717) is 6.04 Å². The highest BCUT2D eigenvalue weighted by atomic mass is 16.5. The Bertz CT molecular complexity index is 437. The monoisotopic (exact) mass is 272 g/mol. The van der Waals surface area contributed by atoms with E-state index in [1.165, 1.54) is 25.7 Å². The Kier molecular flexibility index (Phi) is 3.51. The molecule has 0 radical (unpaired) electrons. The summed E-state index contributed by atoms with van der Waals surface area (Å²) in [5.41, 5.74) is 7.03. The van der Waals surface area contributed by atoms with Crippen molar-refractivity contribution in [1.82, 2.24) is 10.4 Å². The Labute approximate surface area is 121 Å². The summed E-state index contributed by atoms with van der Waals surface area (Å²) in [6.45, 7) is 3.80. The van der Waals surface area contributed by atoms with E-state index in [1.807, 2.05) is 0 Å². The van der Waals surface area contributed by atoms with Crippen LogP contribution >= 0.6 is 0 Å². The van der Waals surface area contributed by atoms with Crippen molar-refractivity contribution in [2.24, 2.45) is 11.8 Å². The summed E-state index contributed by atoms with van der Waals surface area (Å²) in [5, 5.41) is 2.40. The number of nitrogens with one attached hydrogen (secondary N) is 1. The summed E-state index contributed by atoms with van der Waals surface area (Å²) in [6.07, 6.45) is 5.30. The third-order valence-electron chi connectivity index (χ3n) is 5.35. The van der Waals surface area contributed by atoms with Crippen LogP contribution in [0.25, 0.3) is 0 Å². The lowest BCUT2D eigenvalue weighted by Gasteiger charge is -2.34. The van der Waals surface area contributed by atoms with Gasteiger partial charge in [0.05, 0.1) is 13.2 Å². The molecule has 2 fully saturated rings. The number of rotatable bonds is 2. The Balaban J connectivity index is 1.51. The second-order valence-corrected chi connectivity index (χ2v) is 6.53. The number of hydrogen-bond donors (Lipinski definition) is 1. The van der Waals surface area contributed by atoms with Crippen LogP contribution in [0.15, 0.2) is 24.3 Å². The van der Waals surface area contributed by atoms with Crippen molar-refractivity contribution in [3.05, 3.63) is 35.4 Å². The van der Waals surface area contributed by atoms with E-state index in [2.05, 4.69) is 34.7 Å². The van der Waals surface area contributed by atoms with E-state index in [9.17, 15) is 0 Å². The molecule has 1 aliphatic heterocycles. The highest BCUT2D eigenvalue weighted by Gasteiger charge is 2.39. The minimum atomic E-state index is 0.667. The summed E-state index contributed by atoms with van der Waals surface area (Å²) in [4.78, 5) is 0. The second-order valence-electron chi connectivity index (χ2n) is 6.53. The Morgan fingerprint density at radius 2 is 1.55 bits per heavy atom. The van der Waals surface area contributed by atoms with E-state index < -0.39 is 0 Å². The highest BCUT2D eigenvalue weighted by molar-refractivity contribution is 5.30. The summed E-state index contributed by atoms with van der Waals surface area (Å²) in [7, 11) is 0. The molecule has 1 saturated carbocycles. The van der Waals surface area contributed by atoms with Crippen molar-refractivity contribution in [3.63, 3.8) is 0 Å². The number of fused-ring (bicyclic) bond motifs is 3. The van der Waals surface area contributed by atoms with Gasteiger partial charge in [0.25, 0.3) is 0 Å². The van der Waals surface area contributed by atoms with Crippen LogP contribution in [0.3, 0.4) is 0 Å². The van der Waals surface area contributed by atoms with E-state index >= 15 is 0 Å². The van der Waals surface area contributed by atoms with E-state index in [-0.39, 0.29) is 0 Å². The first-order valence-corrected chi connectivity index (χ1v) is 8.06. The third-order valence-corrected chi connectivity index (χ3v) is 5.35. The molecule has 20 heavy (non-hydrogen) atoms. The van der Waals surface area contributed by atoms with Crippen LogP contribution in [0.4, 0.5) is 0 Å². The zero-order valence-electron chi connectivity index (χ0n) is 12.1. The van der Waals surface area contributed by atoms with Gasteiger partial charge in [0.1, 0.15) is 0 Å². The number of ether oxygens (including phenoxy) is 1. The van der Waals surface area contributed by atoms with Crippen molar-refractivity contribution in [2.75, 3.05) is 26.3 Å². The lowest BCUT2D eigenvalue weighted by Crippen LogP contribution is -2.53. The minimum Gasteiger partial charge on any atom is -0.379 e. The quantitative estimate of drug-likeness (QED) is 0.891. The molecular weight excluding hydrogens is 248 g/mol. The molecule has 0 amide bonds. The van der Waals surface area contributed by atoms with Crippen molar-refractivity contribution in [1.29, 1.82) is 0 Å². The maximum absolute atomic E-state index is 5.45. The van der Waals surface area contributed by atoms with Crippen molar-refractivity contribution in [3.8, 4) is 0 Å². The molecule has 1 N–H and O–H groups in total. The maximum Gasteiger partial charge on any atom is 0.0608 e. The molecule has 0 spiro atoms. The van der Waals surface area contributed by atoms with Gasteiger partial charge in [-0.05, 0) is 48.6 Å². The lowest BCUT2D eigenvalue weighted by atomic mass is 9.94. The molecule has 2 atom stereocenters. The van der Waals surface area contributed by atoms with E-state index in [0.717, 1.165) is 38.1 Å². The van der Waals surface area contributed by atoms with Crippen LogP contribution in [0.2, 0.25) is 0 Å². The first-order chi connectivity index (χ1) is 9.90. The van der Waals surface area contributed by atoms with Crippen LogP contribution in [0.1, 0.15) is 24.0 Å². The van der Waals surface area contributed by atoms with Gasteiger partial charge >= 0.3 is 0 Å². The van der Waals surface area contributed by atoms with Gasteiger partial charge in [0.2, 0.25) is 0 Å². The number of nitrogens with zero attached hydrogens (tertiary/aromatic N) is 1. The van der Waals surface area contributed by atoms with E-state index in [4.69, 9.17) is 4.74 Å². The molecule has 2 unspecified atom stereocenters. The van der Waals surface area contributed by atoms with Crippen LogP contribution < -0.4 is 5.43 Å². The van der Waals surface area contributed by atoms with Gasteiger partial charge < -0.3 is 4.74 Å². The van der Waals surface area contributed by atoms with Crippen LogP contribution in [-0.4, -0.2) is 37.4 Å². The Hall–Kier alpha value is -0.900. The largest absolute Gasteiger partial charge is 0.379 e. The zero-order valence-corrected chi connectivity index (χ0v) is 12.1. The molecule has 3 aliphatic rings. The predicted molar refractivity (Wildman–Crippen MR) is 79.4 cm³/mol. The topological polar surface area (TPSA) is 24.5 Å². The molecule has 1 aromatic carbocycles. The normalized spacial score (nSPS) is 33.7. The molecule has 0 aromatic heterocycles. The van der Waals surface area contributed by atoms with Gasteiger partial charge in [0.15, 0.2) is 0 Å². The zero-order chi connectivity index (χ0) is 13.4. The number of benzene rings is 1. The molecule has 1 aromatic rings. The molecule has 3 nitrogen and oxygen atoms in total. The third kappa shape index (κ3) is 2.39. The summed E-state index contributed by atoms with van der Waals surface area (Å²) >= 11 is 0.